The smallest absolute Gasteiger partial charge is 0.338 e. The van der Waals surface area contributed by atoms with Crippen molar-refractivity contribution in [2.24, 2.45) is 4.99 Å². The minimum Gasteiger partial charge on any atom is -0.462 e. The summed E-state index contributed by atoms with van der Waals surface area (Å²) in [6, 6.07) is 5.61. The summed E-state index contributed by atoms with van der Waals surface area (Å²) in [5, 5.41) is 0. The van der Waals surface area contributed by atoms with E-state index in [1.807, 2.05) is 22.5 Å². The number of piperidine rings is 1. The minimum atomic E-state index is -0.377. The normalized spacial score (nSPS) is 16.7. The van der Waals surface area contributed by atoms with Crippen molar-refractivity contribution in [3.05, 3.63) is 28.6 Å². The predicted octanol–water partition coefficient (Wildman–Crippen LogP) is 3.48. The number of likely N-dealkylation sites (tertiary alicyclic amines) is 1. The van der Waals surface area contributed by atoms with Crippen molar-refractivity contribution in [2.45, 2.75) is 52.6 Å². The maximum atomic E-state index is 12.6. The Morgan fingerprint density at radius 1 is 1.18 bits per heavy atom. The summed E-state index contributed by atoms with van der Waals surface area (Å²) in [6.45, 7) is 8.51. The molecule has 0 N–H and O–H groups in total. The van der Waals surface area contributed by atoms with Crippen molar-refractivity contribution in [1.82, 2.24) is 9.47 Å². The number of carbonyl (C=O) groups excluding carboxylic acids is 3. The predicted molar refractivity (Wildman–Crippen MR) is 135 cm³/mol. The zero-order valence-electron chi connectivity index (χ0n) is 20.1. The Kier molecular flexibility index (Phi) is 10.2. The Bertz CT molecular complexity index is 1080. The number of hydrogen-bond donors (Lipinski definition) is 0. The van der Waals surface area contributed by atoms with E-state index in [0.717, 1.165) is 36.0 Å². The molecule has 1 aromatic heterocycles. The molecule has 0 radical (unpaired) electrons. The lowest BCUT2D eigenvalue weighted by Gasteiger charge is -2.33. The van der Waals surface area contributed by atoms with Crippen molar-refractivity contribution in [3.8, 4) is 0 Å². The summed E-state index contributed by atoms with van der Waals surface area (Å²) in [4.78, 5) is 44.1. The van der Waals surface area contributed by atoms with E-state index in [1.54, 1.807) is 19.1 Å². The van der Waals surface area contributed by atoms with E-state index in [4.69, 9.17) is 9.47 Å². The fourth-order valence-corrected chi connectivity index (χ4v) is 5.73. The molecule has 0 bridgehead atoms. The topological polar surface area (TPSA) is 90.2 Å². The molecule has 186 valence electrons. The number of nitrogens with zero attached hydrogens (tertiary/aromatic N) is 3. The number of fused-ring (bicyclic) bond motifs is 1. The second-order valence-electron chi connectivity index (χ2n) is 8.07. The molecule has 0 spiro atoms. The maximum Gasteiger partial charge on any atom is 0.338 e. The van der Waals surface area contributed by atoms with E-state index in [1.165, 1.54) is 23.1 Å². The molecule has 0 aliphatic carbocycles. The first-order valence-corrected chi connectivity index (χ1v) is 13.7. The molecular weight excluding hydrogens is 474 g/mol. The minimum absolute atomic E-state index is 0.0881. The van der Waals surface area contributed by atoms with Crippen LogP contribution >= 0.6 is 23.1 Å². The lowest BCUT2D eigenvalue weighted by atomic mass is 10.0. The summed E-state index contributed by atoms with van der Waals surface area (Å²) in [6.07, 6.45) is 3.24. The molecule has 1 aliphatic rings. The van der Waals surface area contributed by atoms with Crippen molar-refractivity contribution in [2.75, 3.05) is 37.9 Å². The molecule has 8 nitrogen and oxygen atoms in total. The molecule has 1 unspecified atom stereocenters. The Hall–Kier alpha value is -2.17. The van der Waals surface area contributed by atoms with Gasteiger partial charge in [0.05, 0.1) is 40.5 Å². The van der Waals surface area contributed by atoms with Crippen molar-refractivity contribution in [3.63, 3.8) is 0 Å². The van der Waals surface area contributed by atoms with Gasteiger partial charge in [-0.1, -0.05) is 11.3 Å². The third kappa shape index (κ3) is 6.93. The molecule has 0 saturated carbocycles. The molecule has 1 saturated heterocycles. The SMILES string of the molecule is CCOCCn1c(=NC(=O)CSCC(=O)N2CCCCC2C)sc2cc(C(=O)OCC)ccc21. The number of benzene rings is 1. The summed E-state index contributed by atoms with van der Waals surface area (Å²) in [7, 11) is 0. The van der Waals surface area contributed by atoms with Gasteiger partial charge in [0.15, 0.2) is 4.80 Å². The molecular formula is C24H33N3O5S2. The van der Waals surface area contributed by atoms with Gasteiger partial charge in [-0.3, -0.25) is 9.59 Å². The van der Waals surface area contributed by atoms with Gasteiger partial charge >= 0.3 is 5.97 Å². The molecule has 1 fully saturated rings. The van der Waals surface area contributed by atoms with Crippen LogP contribution in [0, 0.1) is 0 Å². The monoisotopic (exact) mass is 507 g/mol. The highest BCUT2D eigenvalue weighted by atomic mass is 32.2. The number of thioether (sulfide) groups is 1. The van der Waals surface area contributed by atoms with Crippen LogP contribution in [0.2, 0.25) is 0 Å². The van der Waals surface area contributed by atoms with E-state index in [0.29, 0.717) is 36.7 Å². The van der Waals surface area contributed by atoms with Crippen LogP contribution < -0.4 is 4.80 Å². The Labute approximate surface area is 208 Å². The van der Waals surface area contributed by atoms with Gasteiger partial charge in [0.2, 0.25) is 5.91 Å². The van der Waals surface area contributed by atoms with Crippen molar-refractivity contribution >= 4 is 51.1 Å². The van der Waals surface area contributed by atoms with Crippen LogP contribution in [0.15, 0.2) is 23.2 Å². The third-order valence-electron chi connectivity index (χ3n) is 5.65. The van der Waals surface area contributed by atoms with Gasteiger partial charge < -0.3 is 18.9 Å². The first-order valence-electron chi connectivity index (χ1n) is 11.8. The molecule has 3 rings (SSSR count). The maximum absolute atomic E-state index is 12.6. The van der Waals surface area contributed by atoms with Crippen LogP contribution in [-0.2, 0) is 25.6 Å². The summed E-state index contributed by atoms with van der Waals surface area (Å²) in [5.41, 5.74) is 1.35. The third-order valence-corrected chi connectivity index (χ3v) is 7.60. The lowest BCUT2D eigenvalue weighted by molar-refractivity contribution is -0.131. The standard InChI is InChI=1S/C24H33N3O5S2/c1-4-31-13-12-27-19-10-9-18(23(30)32-5-2)14-20(19)34-24(27)25-21(28)15-33-16-22(29)26-11-7-6-8-17(26)3/h9-10,14,17H,4-8,11-13,15-16H2,1-3H3. The van der Waals surface area contributed by atoms with Gasteiger partial charge in [0, 0.05) is 25.7 Å². The average Bonchev–Trinajstić information content (AvgIpc) is 3.15. The molecule has 2 aromatic rings. The van der Waals surface area contributed by atoms with Crippen LogP contribution in [0.4, 0.5) is 0 Å². The zero-order chi connectivity index (χ0) is 24.5. The van der Waals surface area contributed by atoms with Gasteiger partial charge in [-0.05, 0) is 58.2 Å². The number of rotatable bonds is 10. The van der Waals surface area contributed by atoms with Gasteiger partial charge in [0.1, 0.15) is 0 Å². The number of ether oxygens (including phenoxy) is 2. The van der Waals surface area contributed by atoms with Gasteiger partial charge in [-0.2, -0.15) is 4.99 Å². The first-order chi connectivity index (χ1) is 16.4. The largest absolute Gasteiger partial charge is 0.462 e. The van der Waals surface area contributed by atoms with E-state index in [2.05, 4.69) is 11.9 Å². The first kappa shape index (κ1) is 26.4. The number of aromatic nitrogens is 1. The molecule has 34 heavy (non-hydrogen) atoms. The molecule has 1 aliphatic heterocycles. The number of thiazole rings is 1. The average molecular weight is 508 g/mol. The Morgan fingerprint density at radius 2 is 2.00 bits per heavy atom. The number of carbonyl (C=O) groups is 3. The summed E-state index contributed by atoms with van der Waals surface area (Å²) in [5.74, 6) is -0.151. The summed E-state index contributed by atoms with van der Waals surface area (Å²) >= 11 is 2.66. The van der Waals surface area contributed by atoms with Crippen LogP contribution in [0.3, 0.4) is 0 Å². The second-order valence-corrected chi connectivity index (χ2v) is 10.1. The van der Waals surface area contributed by atoms with Crippen LogP contribution in [0.1, 0.15) is 50.4 Å². The molecule has 1 aromatic carbocycles. The highest BCUT2D eigenvalue weighted by Gasteiger charge is 2.23. The molecule has 10 heteroatoms. The fraction of sp³-hybridized carbons (Fsp3) is 0.583. The van der Waals surface area contributed by atoms with Gasteiger partial charge in [0.25, 0.3) is 5.91 Å². The number of hydrogen-bond acceptors (Lipinski definition) is 7. The molecule has 2 heterocycles. The Balaban J connectivity index is 1.73. The van der Waals surface area contributed by atoms with E-state index in [9.17, 15) is 14.4 Å². The molecule has 2 amide bonds. The summed E-state index contributed by atoms with van der Waals surface area (Å²) < 4.78 is 13.4. The van der Waals surface area contributed by atoms with E-state index in [-0.39, 0.29) is 35.3 Å². The van der Waals surface area contributed by atoms with E-state index < -0.39 is 0 Å². The lowest BCUT2D eigenvalue weighted by Crippen LogP contribution is -2.43. The van der Waals surface area contributed by atoms with E-state index >= 15 is 0 Å². The van der Waals surface area contributed by atoms with Gasteiger partial charge in [-0.15, -0.1) is 11.8 Å². The quantitative estimate of drug-likeness (QED) is 0.361. The van der Waals surface area contributed by atoms with Crippen molar-refractivity contribution < 1.29 is 23.9 Å². The van der Waals surface area contributed by atoms with Crippen LogP contribution in [0.5, 0.6) is 0 Å². The van der Waals surface area contributed by atoms with Crippen LogP contribution in [0.25, 0.3) is 10.2 Å². The fourth-order valence-electron chi connectivity index (χ4n) is 3.93. The highest BCUT2D eigenvalue weighted by Crippen LogP contribution is 2.21. The number of esters is 1. The van der Waals surface area contributed by atoms with Gasteiger partial charge in [-0.25, -0.2) is 4.79 Å². The zero-order valence-corrected chi connectivity index (χ0v) is 21.7. The second kappa shape index (κ2) is 13.1. The van der Waals surface area contributed by atoms with Crippen LogP contribution in [-0.4, -0.2) is 71.2 Å². The Morgan fingerprint density at radius 3 is 2.74 bits per heavy atom. The molecule has 1 atom stereocenters. The highest BCUT2D eigenvalue weighted by molar-refractivity contribution is 8.00. The number of amides is 2. The van der Waals surface area contributed by atoms with Crippen molar-refractivity contribution in [1.29, 1.82) is 0 Å².